The van der Waals surface area contributed by atoms with E-state index in [0.717, 1.165) is 34.2 Å². The molecule has 0 aromatic heterocycles. The Morgan fingerprint density at radius 1 is 1.09 bits per heavy atom. The summed E-state index contributed by atoms with van der Waals surface area (Å²) in [6.07, 6.45) is 1.38. The van der Waals surface area contributed by atoms with Gasteiger partial charge in [0.15, 0.2) is 0 Å². The number of hydrogen-bond acceptors (Lipinski definition) is 2. The molecule has 3 heteroatoms. The molecule has 0 bridgehead atoms. The fraction of sp³-hybridized carbons (Fsp3) is 0.350. The Balaban J connectivity index is 2.24. The quantitative estimate of drug-likeness (QED) is 0.851. The first-order valence-corrected chi connectivity index (χ1v) is 8.07. The van der Waals surface area contributed by atoms with Gasteiger partial charge in [-0.2, -0.15) is 0 Å². The monoisotopic (exact) mass is 311 g/mol. The summed E-state index contributed by atoms with van der Waals surface area (Å²) in [5.74, 6) is -0.0493. The minimum Gasteiger partial charge on any atom is -0.396 e. The van der Waals surface area contributed by atoms with Crippen molar-refractivity contribution in [1.29, 1.82) is 0 Å². The third-order valence-electron chi connectivity index (χ3n) is 4.06. The lowest BCUT2D eigenvalue weighted by atomic mass is 9.97. The Kier molecular flexibility index (Phi) is 5.94. The molecule has 1 amide bonds. The second-order valence-electron chi connectivity index (χ2n) is 6.08. The van der Waals surface area contributed by atoms with Gasteiger partial charge in [-0.05, 0) is 50.3 Å². The molecule has 0 spiro atoms. The summed E-state index contributed by atoms with van der Waals surface area (Å²) >= 11 is 0. The smallest absolute Gasteiger partial charge is 0.252 e. The molecule has 0 aliphatic rings. The first kappa shape index (κ1) is 17.2. The van der Waals surface area contributed by atoms with Crippen molar-refractivity contribution in [2.45, 2.75) is 39.7 Å². The average Bonchev–Trinajstić information content (AvgIpc) is 2.51. The third-order valence-corrected chi connectivity index (χ3v) is 4.06. The number of benzene rings is 2. The zero-order valence-electron chi connectivity index (χ0n) is 14.1. The molecule has 1 atom stereocenters. The number of hydrogen-bond donors (Lipinski definition) is 2. The van der Waals surface area contributed by atoms with E-state index in [0.29, 0.717) is 6.42 Å². The normalized spacial score (nSPS) is 12.0. The van der Waals surface area contributed by atoms with Gasteiger partial charge in [0.2, 0.25) is 0 Å². The van der Waals surface area contributed by atoms with Crippen LogP contribution in [0.25, 0.3) is 0 Å². The summed E-state index contributed by atoms with van der Waals surface area (Å²) in [4.78, 5) is 12.8. The van der Waals surface area contributed by atoms with Crippen molar-refractivity contribution in [2.75, 3.05) is 6.61 Å². The van der Waals surface area contributed by atoms with Crippen LogP contribution in [0.2, 0.25) is 0 Å². The van der Waals surface area contributed by atoms with Crippen molar-refractivity contribution in [3.05, 3.63) is 70.3 Å². The highest BCUT2D eigenvalue weighted by Crippen LogP contribution is 2.21. The van der Waals surface area contributed by atoms with Gasteiger partial charge in [0.25, 0.3) is 5.91 Å². The zero-order chi connectivity index (χ0) is 16.8. The average molecular weight is 311 g/mol. The number of amides is 1. The number of carbonyl (C=O) groups is 1. The molecule has 0 saturated heterocycles. The Hall–Kier alpha value is -2.13. The van der Waals surface area contributed by atoms with Crippen LogP contribution >= 0.6 is 0 Å². The van der Waals surface area contributed by atoms with Gasteiger partial charge >= 0.3 is 0 Å². The van der Waals surface area contributed by atoms with Crippen LogP contribution in [0.5, 0.6) is 0 Å². The Labute approximate surface area is 138 Å². The van der Waals surface area contributed by atoms with Crippen LogP contribution in [-0.4, -0.2) is 17.6 Å². The number of nitrogens with one attached hydrogen (secondary N) is 1. The van der Waals surface area contributed by atoms with Crippen molar-refractivity contribution in [2.24, 2.45) is 0 Å². The van der Waals surface area contributed by atoms with E-state index in [4.69, 9.17) is 5.11 Å². The predicted octanol–water partition coefficient (Wildman–Crippen LogP) is 3.86. The lowest BCUT2D eigenvalue weighted by Crippen LogP contribution is -2.30. The number of aliphatic hydroxyl groups excluding tert-OH is 1. The van der Waals surface area contributed by atoms with Crippen LogP contribution in [-0.2, 0) is 0 Å². The summed E-state index contributed by atoms with van der Waals surface area (Å²) in [6.45, 7) is 6.11. The molecule has 0 saturated carbocycles. The van der Waals surface area contributed by atoms with Crippen molar-refractivity contribution < 1.29 is 9.90 Å². The Bertz CT molecular complexity index is 642. The molecule has 3 nitrogen and oxygen atoms in total. The maximum absolute atomic E-state index is 12.8. The van der Waals surface area contributed by atoms with Crippen LogP contribution in [0.15, 0.2) is 42.5 Å². The minimum absolute atomic E-state index is 0.0493. The van der Waals surface area contributed by atoms with Crippen molar-refractivity contribution >= 4 is 5.91 Å². The van der Waals surface area contributed by atoms with Crippen molar-refractivity contribution in [3.8, 4) is 0 Å². The Morgan fingerprint density at radius 3 is 2.26 bits per heavy atom. The van der Waals surface area contributed by atoms with Gasteiger partial charge in [0.1, 0.15) is 0 Å². The van der Waals surface area contributed by atoms with Crippen LogP contribution in [0.4, 0.5) is 0 Å². The molecule has 0 heterocycles. The third kappa shape index (κ3) is 4.42. The fourth-order valence-corrected chi connectivity index (χ4v) is 3.07. The molecule has 0 aliphatic carbocycles. The van der Waals surface area contributed by atoms with Gasteiger partial charge in [-0.25, -0.2) is 0 Å². The van der Waals surface area contributed by atoms with Gasteiger partial charge in [0, 0.05) is 12.2 Å². The maximum Gasteiger partial charge on any atom is 0.252 e. The first-order valence-electron chi connectivity index (χ1n) is 8.07. The van der Waals surface area contributed by atoms with E-state index in [2.05, 4.69) is 5.32 Å². The standard InChI is InChI=1S/C20H25NO2/c1-14-12-15(2)19(16(3)13-14)20(23)21-18(10-7-11-22)17-8-5-4-6-9-17/h4-6,8-9,12-13,18,22H,7,10-11H2,1-3H3,(H,21,23). The van der Waals surface area contributed by atoms with Crippen LogP contribution in [0.1, 0.15) is 51.5 Å². The lowest BCUT2D eigenvalue weighted by Gasteiger charge is -2.20. The molecular weight excluding hydrogens is 286 g/mol. The second-order valence-corrected chi connectivity index (χ2v) is 6.08. The highest BCUT2D eigenvalue weighted by Gasteiger charge is 2.18. The fourth-order valence-electron chi connectivity index (χ4n) is 3.07. The topological polar surface area (TPSA) is 49.3 Å². The maximum atomic E-state index is 12.8. The summed E-state index contributed by atoms with van der Waals surface area (Å²) in [5.41, 5.74) is 4.97. The molecule has 2 aromatic rings. The molecule has 0 fully saturated rings. The number of rotatable bonds is 6. The SMILES string of the molecule is Cc1cc(C)c(C(=O)NC(CCCO)c2ccccc2)c(C)c1. The van der Waals surface area contributed by atoms with Gasteiger partial charge in [-0.1, -0.05) is 48.0 Å². The van der Waals surface area contributed by atoms with Gasteiger partial charge in [-0.15, -0.1) is 0 Å². The summed E-state index contributed by atoms with van der Waals surface area (Å²) in [6, 6.07) is 13.9. The minimum atomic E-state index is -0.0871. The largest absolute Gasteiger partial charge is 0.396 e. The van der Waals surface area contributed by atoms with Crippen molar-refractivity contribution in [1.82, 2.24) is 5.32 Å². The van der Waals surface area contributed by atoms with E-state index in [1.807, 2.05) is 63.2 Å². The van der Waals surface area contributed by atoms with E-state index >= 15 is 0 Å². The van der Waals surface area contributed by atoms with Gasteiger partial charge in [0.05, 0.1) is 6.04 Å². The first-order chi connectivity index (χ1) is 11.0. The Morgan fingerprint density at radius 2 is 1.70 bits per heavy atom. The summed E-state index contributed by atoms with van der Waals surface area (Å²) in [5, 5.41) is 12.3. The molecule has 23 heavy (non-hydrogen) atoms. The van der Waals surface area contributed by atoms with Gasteiger partial charge < -0.3 is 10.4 Å². The molecule has 122 valence electrons. The highest BCUT2D eigenvalue weighted by atomic mass is 16.3. The van der Waals surface area contributed by atoms with E-state index < -0.39 is 0 Å². The van der Waals surface area contributed by atoms with Crippen LogP contribution < -0.4 is 5.32 Å². The molecule has 1 unspecified atom stereocenters. The lowest BCUT2D eigenvalue weighted by molar-refractivity contribution is 0.0931. The number of aliphatic hydroxyl groups is 1. The van der Waals surface area contributed by atoms with E-state index in [1.54, 1.807) is 0 Å². The van der Waals surface area contributed by atoms with Crippen LogP contribution in [0, 0.1) is 20.8 Å². The summed E-state index contributed by atoms with van der Waals surface area (Å²) < 4.78 is 0. The van der Waals surface area contributed by atoms with E-state index in [9.17, 15) is 4.79 Å². The molecule has 2 rings (SSSR count). The van der Waals surface area contributed by atoms with E-state index in [1.165, 1.54) is 0 Å². The number of aryl methyl sites for hydroxylation is 3. The molecule has 0 aliphatic heterocycles. The zero-order valence-corrected chi connectivity index (χ0v) is 14.1. The van der Waals surface area contributed by atoms with Crippen molar-refractivity contribution in [3.63, 3.8) is 0 Å². The number of carbonyl (C=O) groups excluding carboxylic acids is 1. The van der Waals surface area contributed by atoms with E-state index in [-0.39, 0.29) is 18.6 Å². The van der Waals surface area contributed by atoms with Crippen LogP contribution in [0.3, 0.4) is 0 Å². The molecule has 2 N–H and O–H groups in total. The molecule has 0 radical (unpaired) electrons. The van der Waals surface area contributed by atoms with Gasteiger partial charge in [-0.3, -0.25) is 4.79 Å². The second kappa shape index (κ2) is 7.93. The highest BCUT2D eigenvalue weighted by molar-refractivity contribution is 5.97. The summed E-state index contributed by atoms with van der Waals surface area (Å²) in [7, 11) is 0. The molecule has 2 aromatic carbocycles. The predicted molar refractivity (Wildman–Crippen MR) is 93.6 cm³/mol. The molecular formula is C20H25NO2.